The average Bonchev–Trinajstić information content (AvgIpc) is 3.08. The maximum Gasteiger partial charge on any atom is 0.306 e. The number of hydrogen-bond donors (Lipinski definition) is 0. The van der Waals surface area contributed by atoms with E-state index < -0.39 is 13.9 Å². The molecule has 0 radical (unpaired) electrons. The summed E-state index contributed by atoms with van der Waals surface area (Å²) in [6.45, 7) is 5.23. The molecule has 0 saturated heterocycles. The van der Waals surface area contributed by atoms with Crippen LogP contribution in [0.4, 0.5) is 0 Å². The lowest BCUT2D eigenvalue weighted by molar-refractivity contribution is -0.870. The number of phosphoric ester groups is 1. The number of ether oxygens (including phenoxy) is 2. The van der Waals surface area contributed by atoms with Gasteiger partial charge >= 0.3 is 5.97 Å². The molecule has 0 aliphatic heterocycles. The van der Waals surface area contributed by atoms with Crippen LogP contribution in [-0.2, 0) is 27.9 Å². The zero-order valence-electron chi connectivity index (χ0n) is 33.5. The van der Waals surface area contributed by atoms with Gasteiger partial charge in [0.2, 0.25) is 0 Å². The number of rotatable bonds is 37. The van der Waals surface area contributed by atoms with Crippen LogP contribution >= 0.6 is 7.82 Å². The van der Waals surface area contributed by atoms with Crippen LogP contribution in [0.5, 0.6) is 0 Å². The van der Waals surface area contributed by atoms with Gasteiger partial charge in [-0.2, -0.15) is 0 Å². The maximum absolute atomic E-state index is 12.5. The molecule has 2 unspecified atom stereocenters. The largest absolute Gasteiger partial charge is 0.756 e. The topological polar surface area (TPSA) is 94.1 Å². The van der Waals surface area contributed by atoms with Crippen LogP contribution in [0.25, 0.3) is 0 Å². The first-order valence-electron chi connectivity index (χ1n) is 20.4. The molecule has 298 valence electrons. The first-order chi connectivity index (χ1) is 24.6. The van der Waals surface area contributed by atoms with E-state index in [1.807, 2.05) is 21.1 Å². The molecule has 2 atom stereocenters. The van der Waals surface area contributed by atoms with Crippen LogP contribution in [0.2, 0.25) is 0 Å². The molecule has 0 aromatic heterocycles. The summed E-state index contributed by atoms with van der Waals surface area (Å²) >= 11 is 0. The molecule has 0 saturated carbocycles. The predicted octanol–water partition coefficient (Wildman–Crippen LogP) is 11.0. The van der Waals surface area contributed by atoms with Gasteiger partial charge in [0.15, 0.2) is 0 Å². The number of carbonyl (C=O) groups excluding carboxylic acids is 1. The molecule has 9 heteroatoms. The van der Waals surface area contributed by atoms with Crippen molar-refractivity contribution in [3.8, 4) is 0 Å². The van der Waals surface area contributed by atoms with Crippen LogP contribution in [0.1, 0.15) is 155 Å². The minimum absolute atomic E-state index is 0.0240. The van der Waals surface area contributed by atoms with Crippen LogP contribution in [0, 0.1) is 0 Å². The van der Waals surface area contributed by atoms with Crippen molar-refractivity contribution < 1.29 is 37.3 Å². The van der Waals surface area contributed by atoms with E-state index in [2.05, 4.69) is 62.5 Å². The van der Waals surface area contributed by atoms with Gasteiger partial charge in [-0.1, -0.05) is 146 Å². The van der Waals surface area contributed by atoms with E-state index in [-0.39, 0.29) is 25.8 Å². The normalized spacial score (nSPS) is 14.4. The molecule has 0 spiro atoms. The fraction of sp³-hybridized carbons (Fsp3) is 0.786. The van der Waals surface area contributed by atoms with Crippen LogP contribution in [0.3, 0.4) is 0 Å². The number of esters is 1. The smallest absolute Gasteiger partial charge is 0.306 e. The Morgan fingerprint density at radius 2 is 1.14 bits per heavy atom. The van der Waals surface area contributed by atoms with Gasteiger partial charge in [-0.05, 0) is 51.4 Å². The van der Waals surface area contributed by atoms with E-state index in [0.717, 1.165) is 57.8 Å². The third kappa shape index (κ3) is 39.5. The summed E-state index contributed by atoms with van der Waals surface area (Å²) in [7, 11) is 1.35. The molecule has 0 amide bonds. The highest BCUT2D eigenvalue weighted by Crippen LogP contribution is 2.38. The first-order valence-corrected chi connectivity index (χ1v) is 21.8. The van der Waals surface area contributed by atoms with E-state index in [4.69, 9.17) is 18.5 Å². The average molecular weight is 740 g/mol. The number of quaternary nitrogens is 1. The highest BCUT2D eigenvalue weighted by Gasteiger charge is 2.20. The van der Waals surface area contributed by atoms with Crippen molar-refractivity contribution in [2.75, 3.05) is 54.1 Å². The quantitative estimate of drug-likeness (QED) is 0.0206. The molecule has 0 aliphatic rings. The van der Waals surface area contributed by atoms with Crippen molar-refractivity contribution in [1.29, 1.82) is 0 Å². The third-order valence-electron chi connectivity index (χ3n) is 8.39. The van der Waals surface area contributed by atoms with Crippen LogP contribution in [0.15, 0.2) is 48.6 Å². The molecule has 0 aliphatic carbocycles. The predicted molar refractivity (Wildman–Crippen MR) is 213 cm³/mol. The number of nitrogens with zero attached hydrogens (tertiary/aromatic N) is 1. The van der Waals surface area contributed by atoms with Crippen LogP contribution < -0.4 is 4.89 Å². The van der Waals surface area contributed by atoms with E-state index in [9.17, 15) is 14.3 Å². The summed E-state index contributed by atoms with van der Waals surface area (Å²) in [5.74, 6) is -0.345. The van der Waals surface area contributed by atoms with Crippen molar-refractivity contribution in [2.45, 2.75) is 161 Å². The van der Waals surface area contributed by atoms with Crippen molar-refractivity contribution in [1.82, 2.24) is 0 Å². The van der Waals surface area contributed by atoms with Gasteiger partial charge in [0.05, 0.1) is 34.4 Å². The number of unbranched alkanes of at least 4 members (excludes halogenated alkanes) is 15. The molecule has 0 heterocycles. The van der Waals surface area contributed by atoms with Crippen molar-refractivity contribution in [3.05, 3.63) is 48.6 Å². The molecule has 8 nitrogen and oxygen atoms in total. The molecule has 0 aromatic carbocycles. The number of phosphoric acid groups is 1. The lowest BCUT2D eigenvalue weighted by atomic mass is 10.1. The maximum atomic E-state index is 12.5. The summed E-state index contributed by atoms with van der Waals surface area (Å²) in [6, 6.07) is 0. The van der Waals surface area contributed by atoms with E-state index in [1.54, 1.807) is 0 Å². The van der Waals surface area contributed by atoms with Gasteiger partial charge in [-0.25, -0.2) is 0 Å². The fourth-order valence-corrected chi connectivity index (χ4v) is 5.97. The van der Waals surface area contributed by atoms with Gasteiger partial charge in [-0.15, -0.1) is 0 Å². The molecule has 0 bridgehead atoms. The Morgan fingerprint density at radius 1 is 0.627 bits per heavy atom. The standard InChI is InChI=1S/C42H78NO7P/c1-6-8-10-12-14-15-16-17-18-19-20-21-22-23-24-25-26-27-28-30-32-34-37-47-39-41(40-49-51(45,46)48-38-36-43(3,4)5)50-42(44)35-33-31-29-13-11-9-7-2/h8,10,14-15,17-18,20-21,41H,6-7,9,11-13,16,19,22-40H2,1-5H3/b10-8-,15-14-,18-17-,21-20-. The van der Waals surface area contributed by atoms with Gasteiger partial charge in [0.25, 0.3) is 7.82 Å². The zero-order chi connectivity index (χ0) is 37.7. The first kappa shape index (κ1) is 49.5. The second-order valence-electron chi connectivity index (χ2n) is 14.6. The van der Waals surface area contributed by atoms with Gasteiger partial charge in [0, 0.05) is 13.0 Å². The Balaban J connectivity index is 4.10. The van der Waals surface area contributed by atoms with E-state index in [0.29, 0.717) is 24.1 Å². The number of carbonyl (C=O) groups is 1. The summed E-state index contributed by atoms with van der Waals surface area (Å²) in [5.41, 5.74) is 0. The SMILES string of the molecule is CC/C=C\C/C=C\C/C=C\C/C=C\CCCCCCCCCCCOCC(COP(=O)([O-])OCC[N+](C)(C)C)OC(=O)CCCCCCCCC. The molecular weight excluding hydrogens is 661 g/mol. The monoisotopic (exact) mass is 740 g/mol. The third-order valence-corrected chi connectivity index (χ3v) is 9.36. The van der Waals surface area contributed by atoms with Crippen molar-refractivity contribution in [2.24, 2.45) is 0 Å². The second kappa shape index (κ2) is 35.5. The summed E-state index contributed by atoms with van der Waals surface area (Å²) in [5, 5.41) is 0. The molecule has 0 aromatic rings. The molecule has 0 fully saturated rings. The Labute approximate surface area is 314 Å². The zero-order valence-corrected chi connectivity index (χ0v) is 34.4. The molecule has 0 N–H and O–H groups in total. The highest BCUT2D eigenvalue weighted by molar-refractivity contribution is 7.45. The van der Waals surface area contributed by atoms with Gasteiger partial charge in [0.1, 0.15) is 19.3 Å². The molecule has 51 heavy (non-hydrogen) atoms. The van der Waals surface area contributed by atoms with E-state index in [1.165, 1.54) is 77.0 Å². The lowest BCUT2D eigenvalue weighted by Crippen LogP contribution is -2.37. The summed E-state index contributed by atoms with van der Waals surface area (Å²) in [4.78, 5) is 24.8. The second-order valence-corrected chi connectivity index (χ2v) is 16.0. The summed E-state index contributed by atoms with van der Waals surface area (Å²) < 4.78 is 34.4. The Kier molecular flexibility index (Phi) is 34.4. The Morgan fingerprint density at radius 3 is 1.71 bits per heavy atom. The number of likely N-dealkylation sites (N-methyl/N-ethyl adjacent to an activating group) is 1. The molecule has 0 rings (SSSR count). The number of hydrogen-bond acceptors (Lipinski definition) is 7. The minimum atomic E-state index is -4.51. The van der Waals surface area contributed by atoms with E-state index >= 15 is 0 Å². The molecular formula is C42H78NO7P. The lowest BCUT2D eigenvalue weighted by Gasteiger charge is -2.28. The summed E-state index contributed by atoms with van der Waals surface area (Å²) in [6.07, 6.45) is 41.4. The van der Waals surface area contributed by atoms with Gasteiger partial charge < -0.3 is 27.9 Å². The highest BCUT2D eigenvalue weighted by atomic mass is 31.2. The minimum Gasteiger partial charge on any atom is -0.756 e. The Bertz CT molecular complexity index is 957. The fourth-order valence-electron chi connectivity index (χ4n) is 5.24. The van der Waals surface area contributed by atoms with Crippen molar-refractivity contribution in [3.63, 3.8) is 0 Å². The number of allylic oxidation sites excluding steroid dienone is 8. The van der Waals surface area contributed by atoms with Gasteiger partial charge in [-0.3, -0.25) is 9.36 Å². The Hall–Kier alpha value is -1.54. The van der Waals surface area contributed by atoms with Crippen molar-refractivity contribution >= 4 is 13.8 Å². The van der Waals surface area contributed by atoms with Crippen LogP contribution in [-0.4, -0.2) is 70.7 Å².